The van der Waals surface area contributed by atoms with E-state index in [-0.39, 0.29) is 11.7 Å². The lowest BCUT2D eigenvalue weighted by atomic mass is 10.1. The molecule has 1 amide bonds. The van der Waals surface area contributed by atoms with Crippen LogP contribution in [0.4, 0.5) is 9.52 Å². The molecule has 0 radical (unpaired) electrons. The van der Waals surface area contributed by atoms with E-state index < -0.39 is 0 Å². The number of furan rings is 1. The molecule has 0 aliphatic heterocycles. The number of halogens is 2. The van der Waals surface area contributed by atoms with Crippen molar-refractivity contribution in [2.75, 3.05) is 12.4 Å². The second-order valence-electron chi connectivity index (χ2n) is 6.40. The maximum atomic E-state index is 13.8. The van der Waals surface area contributed by atoms with E-state index in [9.17, 15) is 9.18 Å². The van der Waals surface area contributed by atoms with Crippen molar-refractivity contribution in [1.29, 1.82) is 0 Å². The summed E-state index contributed by atoms with van der Waals surface area (Å²) in [5.74, 6) is 0.391. The average Bonchev–Trinajstić information content (AvgIpc) is 3.34. The molecule has 4 rings (SSSR count). The number of aromatic nitrogens is 1. The Hall–Kier alpha value is -3.16. The van der Waals surface area contributed by atoms with Crippen molar-refractivity contribution in [2.45, 2.75) is 6.42 Å². The number of rotatable bonds is 6. The van der Waals surface area contributed by atoms with Crippen LogP contribution in [0.3, 0.4) is 0 Å². The first-order valence-corrected chi connectivity index (χ1v) is 10.2. The van der Waals surface area contributed by atoms with Crippen molar-refractivity contribution >= 4 is 51.0 Å². The largest absolute Gasteiger partial charge is 0.493 e. The highest BCUT2D eigenvalue weighted by molar-refractivity contribution is 7.15. The van der Waals surface area contributed by atoms with E-state index in [0.29, 0.717) is 39.2 Å². The molecule has 4 aromatic rings. The number of nitrogens with zero attached hydrogens (tertiary/aromatic N) is 1. The molecule has 8 heteroatoms. The van der Waals surface area contributed by atoms with Crippen LogP contribution in [0.15, 0.2) is 59.2 Å². The van der Waals surface area contributed by atoms with Gasteiger partial charge in [0.1, 0.15) is 11.6 Å². The molecule has 0 atom stereocenters. The fourth-order valence-corrected chi connectivity index (χ4v) is 3.98. The zero-order chi connectivity index (χ0) is 21.1. The molecular weight excluding hydrogens is 427 g/mol. The number of ether oxygens (including phenoxy) is 1. The van der Waals surface area contributed by atoms with Gasteiger partial charge in [-0.1, -0.05) is 29.8 Å². The molecule has 2 aromatic carbocycles. The molecule has 0 spiro atoms. The van der Waals surface area contributed by atoms with Gasteiger partial charge in [-0.25, -0.2) is 9.37 Å². The monoisotopic (exact) mass is 442 g/mol. The molecule has 152 valence electrons. The average molecular weight is 443 g/mol. The lowest BCUT2D eigenvalue weighted by molar-refractivity contribution is -0.111. The van der Waals surface area contributed by atoms with Crippen LogP contribution in [0, 0.1) is 5.82 Å². The first kappa shape index (κ1) is 20.1. The summed E-state index contributed by atoms with van der Waals surface area (Å²) < 4.78 is 24.8. The van der Waals surface area contributed by atoms with Gasteiger partial charge in [0.2, 0.25) is 5.91 Å². The summed E-state index contributed by atoms with van der Waals surface area (Å²) in [7, 11) is 1.53. The van der Waals surface area contributed by atoms with E-state index in [1.807, 2.05) is 0 Å². The third-order valence-electron chi connectivity index (χ3n) is 4.29. The minimum Gasteiger partial charge on any atom is -0.493 e. The number of amides is 1. The summed E-state index contributed by atoms with van der Waals surface area (Å²) in [6.45, 7) is 0. The second kappa shape index (κ2) is 8.69. The predicted octanol–water partition coefficient (Wildman–Crippen LogP) is 5.93. The molecule has 0 aliphatic rings. The summed E-state index contributed by atoms with van der Waals surface area (Å²) in [6.07, 6.45) is 4.95. The van der Waals surface area contributed by atoms with E-state index in [1.165, 1.54) is 30.6 Å². The number of hydrogen-bond acceptors (Lipinski definition) is 5. The summed E-state index contributed by atoms with van der Waals surface area (Å²) in [6, 6.07) is 11.8. The molecule has 0 saturated heterocycles. The topological polar surface area (TPSA) is 64.4 Å². The summed E-state index contributed by atoms with van der Waals surface area (Å²) in [5, 5.41) is 4.44. The van der Waals surface area contributed by atoms with Crippen molar-refractivity contribution in [3.05, 3.63) is 81.8 Å². The van der Waals surface area contributed by atoms with Crippen molar-refractivity contribution in [1.82, 2.24) is 4.98 Å². The van der Waals surface area contributed by atoms with Crippen molar-refractivity contribution < 1.29 is 18.3 Å². The molecule has 0 bridgehead atoms. The van der Waals surface area contributed by atoms with Gasteiger partial charge in [-0.2, -0.15) is 0 Å². The maximum Gasteiger partial charge on any atom is 0.250 e. The zero-order valence-corrected chi connectivity index (χ0v) is 17.4. The van der Waals surface area contributed by atoms with Crippen molar-refractivity contribution in [3.8, 4) is 5.75 Å². The van der Waals surface area contributed by atoms with Gasteiger partial charge in [0.15, 0.2) is 16.5 Å². The number of thiazole rings is 1. The highest BCUT2D eigenvalue weighted by Crippen LogP contribution is 2.32. The minimum atomic E-state index is -0.354. The van der Waals surface area contributed by atoms with Gasteiger partial charge in [-0.15, -0.1) is 11.3 Å². The Morgan fingerprint density at radius 1 is 1.33 bits per heavy atom. The number of anilines is 1. The lowest BCUT2D eigenvalue weighted by Gasteiger charge is -2.00. The first-order chi connectivity index (χ1) is 14.5. The quantitative estimate of drug-likeness (QED) is 0.376. The van der Waals surface area contributed by atoms with Crippen molar-refractivity contribution in [3.63, 3.8) is 0 Å². The molecule has 0 saturated carbocycles. The number of carbonyl (C=O) groups excluding carboxylic acids is 1. The maximum absolute atomic E-state index is 13.8. The fourth-order valence-electron chi connectivity index (χ4n) is 2.92. The third-order valence-corrected chi connectivity index (χ3v) is 5.42. The van der Waals surface area contributed by atoms with Gasteiger partial charge >= 0.3 is 0 Å². The van der Waals surface area contributed by atoms with Gasteiger partial charge < -0.3 is 9.15 Å². The zero-order valence-electron chi connectivity index (χ0n) is 15.8. The summed E-state index contributed by atoms with van der Waals surface area (Å²) in [4.78, 5) is 17.2. The van der Waals surface area contributed by atoms with Crippen LogP contribution in [-0.4, -0.2) is 18.0 Å². The Labute approximate surface area is 180 Å². The highest BCUT2D eigenvalue weighted by Gasteiger charge is 2.11. The van der Waals surface area contributed by atoms with Crippen LogP contribution in [0.1, 0.15) is 16.2 Å². The van der Waals surface area contributed by atoms with Gasteiger partial charge in [-0.05, 0) is 29.8 Å². The van der Waals surface area contributed by atoms with Gasteiger partial charge in [0.25, 0.3) is 0 Å². The van der Waals surface area contributed by atoms with Crippen LogP contribution < -0.4 is 10.1 Å². The minimum absolute atomic E-state index is 0.261. The Bertz CT molecular complexity index is 1250. The fraction of sp³-hybridized carbons (Fsp3) is 0.0909. The summed E-state index contributed by atoms with van der Waals surface area (Å²) in [5.41, 5.74) is 1.14. The molecule has 30 heavy (non-hydrogen) atoms. The van der Waals surface area contributed by atoms with Crippen LogP contribution in [-0.2, 0) is 11.2 Å². The standard InChI is InChI=1S/C22H16ClFN2O3S/c1-28-19-11-15(23)8-14-9-16(29-21(14)19)6-7-20(27)26-22-25-12-17(30-22)10-13-4-2-3-5-18(13)24/h2-9,11-12H,10H2,1H3,(H,25,26,27). The number of hydrogen-bond donors (Lipinski definition) is 1. The third kappa shape index (κ3) is 4.53. The Morgan fingerprint density at radius 2 is 2.17 bits per heavy atom. The first-order valence-electron chi connectivity index (χ1n) is 8.96. The Balaban J connectivity index is 1.43. The molecule has 0 unspecified atom stereocenters. The van der Waals surface area contributed by atoms with E-state index in [1.54, 1.807) is 48.7 Å². The Morgan fingerprint density at radius 3 is 2.97 bits per heavy atom. The number of methoxy groups -OCH3 is 1. The molecular formula is C22H16ClFN2O3S. The second-order valence-corrected chi connectivity index (χ2v) is 7.95. The van der Waals surface area contributed by atoms with Gasteiger partial charge in [0.05, 0.1) is 7.11 Å². The van der Waals surface area contributed by atoms with Crippen LogP contribution in [0.25, 0.3) is 17.0 Å². The molecule has 1 N–H and O–H groups in total. The van der Waals surface area contributed by atoms with E-state index in [2.05, 4.69) is 10.3 Å². The van der Waals surface area contributed by atoms with E-state index in [4.69, 9.17) is 20.8 Å². The molecule has 5 nitrogen and oxygen atoms in total. The van der Waals surface area contributed by atoms with E-state index in [0.717, 1.165) is 10.3 Å². The molecule has 0 fully saturated rings. The lowest BCUT2D eigenvalue weighted by Crippen LogP contribution is -2.06. The summed E-state index contributed by atoms with van der Waals surface area (Å²) >= 11 is 7.36. The Kier molecular flexibility index (Phi) is 5.83. The van der Waals surface area contributed by atoms with Gasteiger partial charge in [-0.3, -0.25) is 10.1 Å². The highest BCUT2D eigenvalue weighted by atomic mass is 35.5. The van der Waals surface area contributed by atoms with Crippen LogP contribution >= 0.6 is 22.9 Å². The van der Waals surface area contributed by atoms with Crippen LogP contribution in [0.2, 0.25) is 5.02 Å². The number of benzene rings is 2. The molecule has 0 aliphatic carbocycles. The predicted molar refractivity (Wildman–Crippen MR) is 117 cm³/mol. The van der Waals surface area contributed by atoms with Crippen molar-refractivity contribution in [2.24, 2.45) is 0 Å². The molecule has 2 heterocycles. The number of fused-ring (bicyclic) bond motifs is 1. The smallest absolute Gasteiger partial charge is 0.250 e. The normalized spacial score (nSPS) is 11.3. The SMILES string of the molecule is COc1cc(Cl)cc2cc(C=CC(=O)Nc3ncc(Cc4ccccc4F)s3)oc12. The number of carbonyl (C=O) groups is 1. The van der Waals surface area contributed by atoms with Gasteiger partial charge in [0, 0.05) is 40.0 Å². The number of nitrogens with one attached hydrogen (secondary N) is 1. The van der Waals surface area contributed by atoms with Crippen LogP contribution in [0.5, 0.6) is 5.75 Å². The molecule has 2 aromatic heterocycles. The van der Waals surface area contributed by atoms with E-state index >= 15 is 0 Å².